The summed E-state index contributed by atoms with van der Waals surface area (Å²) in [5.41, 5.74) is 0. The minimum atomic E-state index is -1.08. The summed E-state index contributed by atoms with van der Waals surface area (Å²) in [6, 6.07) is 0. The molecule has 0 saturated carbocycles. The lowest BCUT2D eigenvalue weighted by atomic mass is 10.1. The van der Waals surface area contributed by atoms with E-state index < -0.39 is 96.5 Å². The smallest absolute Gasteiger partial charge is 0.250 e. The highest BCUT2D eigenvalue weighted by Crippen LogP contribution is 2.33. The van der Waals surface area contributed by atoms with Crippen LogP contribution in [-0.2, 0) is 47.9 Å². The lowest BCUT2D eigenvalue weighted by Crippen LogP contribution is -2.56. The van der Waals surface area contributed by atoms with Crippen molar-refractivity contribution in [2.45, 2.75) is 88.6 Å². The van der Waals surface area contributed by atoms with Crippen LogP contribution in [0.2, 0.25) is 0 Å². The molecule has 2 unspecified atom stereocenters. The highest BCUT2D eigenvalue weighted by Gasteiger charge is 2.43. The molecular weight excluding hydrogens is 604 g/mol. The third-order valence-corrected chi connectivity index (χ3v) is 9.84. The number of hydrogen-bond acceptors (Lipinski definition) is 12. The van der Waals surface area contributed by atoms with Gasteiger partial charge in [0.15, 0.2) is 0 Å². The van der Waals surface area contributed by atoms with Crippen LogP contribution in [0.1, 0.15) is 78.1 Å². The summed E-state index contributed by atoms with van der Waals surface area (Å²) >= 11 is 2.28. The fourth-order valence-electron chi connectivity index (χ4n) is 4.65. The molecule has 16 heteroatoms. The van der Waals surface area contributed by atoms with Crippen LogP contribution in [0.4, 0.5) is 0 Å². The molecule has 234 valence electrons. The number of carbonyl (C=O) groups excluding carboxylic acids is 10. The molecule has 2 atom stereocenters. The van der Waals surface area contributed by atoms with E-state index in [0.29, 0.717) is 10.0 Å². The van der Waals surface area contributed by atoms with Crippen LogP contribution >= 0.6 is 23.5 Å². The summed E-state index contributed by atoms with van der Waals surface area (Å²) in [6.07, 6.45) is -2.87. The number of rotatable bonds is 8. The van der Waals surface area contributed by atoms with Crippen LogP contribution in [0.3, 0.4) is 0 Å². The van der Waals surface area contributed by atoms with Crippen LogP contribution < -0.4 is 0 Å². The Morgan fingerprint density at radius 1 is 0.605 bits per heavy atom. The molecule has 0 spiro atoms. The maximum Gasteiger partial charge on any atom is 0.250 e. The topological polar surface area (TPSA) is 184 Å². The summed E-state index contributed by atoms with van der Waals surface area (Å²) in [4.78, 5) is 130. The zero-order valence-electron chi connectivity index (χ0n) is 24.0. The minimum Gasteiger partial charge on any atom is -0.300 e. The van der Waals surface area contributed by atoms with Crippen molar-refractivity contribution in [3.8, 4) is 0 Å². The highest BCUT2D eigenvalue weighted by atomic mass is 32.2. The molecule has 0 aromatic heterocycles. The van der Waals surface area contributed by atoms with Gasteiger partial charge in [-0.1, -0.05) is 13.8 Å². The third kappa shape index (κ3) is 8.37. The maximum atomic E-state index is 13.5. The fourth-order valence-corrected chi connectivity index (χ4v) is 7.34. The van der Waals surface area contributed by atoms with Gasteiger partial charge in [-0.05, 0) is 0 Å². The van der Waals surface area contributed by atoms with Gasteiger partial charge < -0.3 is 0 Å². The Bertz CT molecular complexity index is 1150. The number of imide groups is 4. The number of Topliss-reactive ketones (excluding diaryl/α,β-unsaturated/α-hetero) is 2. The monoisotopic (exact) mass is 638 g/mol. The fraction of sp³-hybridized carbons (Fsp3) is 0.630. The summed E-state index contributed by atoms with van der Waals surface area (Å²) in [5.74, 6) is -7.09. The molecule has 8 amide bonds. The molecule has 3 aliphatic rings. The highest BCUT2D eigenvalue weighted by molar-refractivity contribution is 8.17. The second-order valence-corrected chi connectivity index (χ2v) is 12.8. The number of hydrazine groups is 1. The van der Waals surface area contributed by atoms with Gasteiger partial charge in [-0.25, -0.2) is 0 Å². The quantitative estimate of drug-likeness (QED) is 0.338. The minimum absolute atomic E-state index is 0.109. The van der Waals surface area contributed by atoms with Gasteiger partial charge in [0.2, 0.25) is 35.4 Å². The van der Waals surface area contributed by atoms with E-state index in [1.165, 1.54) is 0 Å². The number of nitrogens with zero attached hydrogens (tertiary/aromatic N) is 4. The molecule has 0 aromatic rings. The predicted octanol–water partition coefficient (Wildman–Crippen LogP) is 0.603. The van der Waals surface area contributed by atoms with Crippen LogP contribution in [0.25, 0.3) is 0 Å². The van der Waals surface area contributed by atoms with E-state index in [4.69, 9.17) is 0 Å². The van der Waals surface area contributed by atoms with Gasteiger partial charge in [0.05, 0.1) is 10.5 Å². The SMILES string of the molecule is CCC(=O)CCC(=O)N1C(=O)CCN2C(=O)CC(SCSC3CC(=O)N(CCC(=O)N1C(=O)CCC(=O)CC)C3=O)C2=O. The Morgan fingerprint density at radius 3 is 1.33 bits per heavy atom. The number of hydrogen-bond donors (Lipinski definition) is 0. The number of thioether (sulfide) groups is 2. The van der Waals surface area contributed by atoms with Crippen LogP contribution in [0.15, 0.2) is 0 Å². The van der Waals surface area contributed by atoms with Crippen LogP contribution in [-0.4, -0.2) is 107 Å². The van der Waals surface area contributed by atoms with Crippen molar-refractivity contribution in [3.63, 3.8) is 0 Å². The molecule has 0 aromatic carbocycles. The summed E-state index contributed by atoms with van der Waals surface area (Å²) in [6.45, 7) is 2.34. The molecule has 3 saturated heterocycles. The molecule has 3 fully saturated rings. The molecule has 14 nitrogen and oxygen atoms in total. The zero-order chi connectivity index (χ0) is 31.8. The average Bonchev–Trinajstić information content (AvgIpc) is 3.41. The van der Waals surface area contributed by atoms with Gasteiger partial charge in [-0.15, -0.1) is 23.5 Å². The second-order valence-electron chi connectivity index (χ2n) is 10.1. The maximum absolute atomic E-state index is 13.5. The number of carbonyl (C=O) groups is 10. The van der Waals surface area contributed by atoms with Gasteiger partial charge in [0, 0.05) is 82.4 Å². The van der Waals surface area contributed by atoms with Gasteiger partial charge in [-0.2, -0.15) is 10.0 Å². The average molecular weight is 639 g/mol. The molecule has 4 bridgehead atoms. The van der Waals surface area contributed by atoms with E-state index in [-0.39, 0.29) is 55.2 Å². The Morgan fingerprint density at radius 2 is 0.977 bits per heavy atom. The van der Waals surface area contributed by atoms with Crippen molar-refractivity contribution in [3.05, 3.63) is 0 Å². The Kier molecular flexibility index (Phi) is 12.2. The molecule has 43 heavy (non-hydrogen) atoms. The number of ketones is 2. The number of amides is 8. The van der Waals surface area contributed by atoms with Crippen LogP contribution in [0, 0.1) is 0 Å². The van der Waals surface area contributed by atoms with E-state index in [1.54, 1.807) is 13.8 Å². The summed E-state index contributed by atoms with van der Waals surface area (Å²) in [5, 5.41) is -0.660. The normalized spacial score (nSPS) is 22.4. The standard InChI is InChI=1S/C27H34N4O10S2/c1-3-16(32)5-7-20(34)30-22(36)9-11-28-24(38)13-18(26(28)40)42-15-43-19-14-25(39)29(27(19)41)12-10-23(37)31(30)21(35)8-6-17(33)4-2/h18-19H,3-15H2,1-2H3. The first-order valence-electron chi connectivity index (χ1n) is 14.1. The van der Waals surface area contributed by atoms with Gasteiger partial charge in [0.1, 0.15) is 11.6 Å². The first-order valence-corrected chi connectivity index (χ1v) is 16.2. The second kappa shape index (κ2) is 15.4. The molecule has 3 heterocycles. The van der Waals surface area contributed by atoms with E-state index >= 15 is 0 Å². The van der Waals surface area contributed by atoms with Crippen molar-refractivity contribution in [1.29, 1.82) is 0 Å². The van der Waals surface area contributed by atoms with E-state index in [9.17, 15) is 47.9 Å². The third-order valence-electron chi connectivity index (χ3n) is 7.21. The summed E-state index contributed by atoms with van der Waals surface area (Å²) < 4.78 is 0. The largest absolute Gasteiger partial charge is 0.300 e. The summed E-state index contributed by atoms with van der Waals surface area (Å²) in [7, 11) is 0. The predicted molar refractivity (Wildman–Crippen MR) is 152 cm³/mol. The Balaban J connectivity index is 2.00. The molecule has 0 radical (unpaired) electrons. The lowest BCUT2D eigenvalue weighted by Gasteiger charge is -2.32. The van der Waals surface area contributed by atoms with Gasteiger partial charge in [-0.3, -0.25) is 57.7 Å². The van der Waals surface area contributed by atoms with E-state index in [0.717, 1.165) is 33.3 Å². The molecule has 0 N–H and O–H groups in total. The van der Waals surface area contributed by atoms with Crippen molar-refractivity contribution in [2.75, 3.05) is 18.2 Å². The van der Waals surface area contributed by atoms with Gasteiger partial charge >= 0.3 is 0 Å². The zero-order valence-corrected chi connectivity index (χ0v) is 25.7. The van der Waals surface area contributed by atoms with Crippen molar-refractivity contribution < 1.29 is 47.9 Å². The lowest BCUT2D eigenvalue weighted by molar-refractivity contribution is -0.181. The van der Waals surface area contributed by atoms with Crippen molar-refractivity contribution >= 4 is 82.3 Å². The van der Waals surface area contributed by atoms with Crippen molar-refractivity contribution in [1.82, 2.24) is 19.8 Å². The van der Waals surface area contributed by atoms with Gasteiger partial charge in [0.25, 0.3) is 11.8 Å². The Hall–Kier alpha value is -3.40. The molecule has 3 rings (SSSR count). The van der Waals surface area contributed by atoms with E-state index in [1.807, 2.05) is 0 Å². The Labute approximate surface area is 256 Å². The molecular formula is C27H34N4O10S2. The first-order chi connectivity index (χ1) is 20.4. The first kappa shape index (κ1) is 34.1. The van der Waals surface area contributed by atoms with Crippen LogP contribution in [0.5, 0.6) is 0 Å². The van der Waals surface area contributed by atoms with E-state index in [2.05, 4.69) is 0 Å². The number of fused-ring (bicyclic) bond motifs is 4. The molecule has 3 aliphatic heterocycles. The molecule has 0 aliphatic carbocycles. The van der Waals surface area contributed by atoms with Crippen molar-refractivity contribution in [2.24, 2.45) is 0 Å².